The summed E-state index contributed by atoms with van der Waals surface area (Å²) in [4.78, 5) is 29.4. The monoisotopic (exact) mass is 477 g/mol. The molecule has 0 aliphatic carbocycles. The second-order valence-corrected chi connectivity index (χ2v) is 8.43. The molecule has 6 nitrogen and oxygen atoms in total. The van der Waals surface area contributed by atoms with Crippen molar-refractivity contribution in [2.45, 2.75) is 6.42 Å². The molecular formula is C25H20ClN3O3S. The van der Waals surface area contributed by atoms with Crippen molar-refractivity contribution >= 4 is 46.1 Å². The van der Waals surface area contributed by atoms with Gasteiger partial charge in [-0.3, -0.25) is 9.59 Å². The van der Waals surface area contributed by atoms with Crippen LogP contribution in [0.15, 0.2) is 78.2 Å². The fourth-order valence-electron chi connectivity index (χ4n) is 3.07. The van der Waals surface area contributed by atoms with Crippen LogP contribution in [0.25, 0.3) is 10.6 Å². The molecule has 4 aromatic rings. The number of hydrogen-bond acceptors (Lipinski definition) is 5. The Balaban J connectivity index is 1.32. The number of nitrogens with one attached hydrogen (secondary N) is 2. The Morgan fingerprint density at radius 1 is 0.909 bits per heavy atom. The molecule has 2 amide bonds. The Morgan fingerprint density at radius 3 is 2.21 bits per heavy atom. The molecule has 0 saturated carbocycles. The number of amides is 2. The molecule has 1 heterocycles. The van der Waals surface area contributed by atoms with Gasteiger partial charge in [0, 0.05) is 32.9 Å². The molecule has 8 heteroatoms. The summed E-state index contributed by atoms with van der Waals surface area (Å²) < 4.78 is 5.11. The van der Waals surface area contributed by atoms with Crippen LogP contribution in [-0.4, -0.2) is 23.9 Å². The molecule has 0 fully saturated rings. The van der Waals surface area contributed by atoms with Gasteiger partial charge in [0.05, 0.1) is 19.2 Å². The molecule has 33 heavy (non-hydrogen) atoms. The number of ether oxygens (including phenoxy) is 1. The Labute approximate surface area is 200 Å². The number of halogens is 1. The minimum Gasteiger partial charge on any atom is -0.497 e. The van der Waals surface area contributed by atoms with Crippen molar-refractivity contribution in [2.75, 3.05) is 17.7 Å². The van der Waals surface area contributed by atoms with Gasteiger partial charge < -0.3 is 15.4 Å². The van der Waals surface area contributed by atoms with E-state index in [4.69, 9.17) is 16.3 Å². The highest BCUT2D eigenvalue weighted by Crippen LogP contribution is 2.25. The van der Waals surface area contributed by atoms with Gasteiger partial charge in [0.2, 0.25) is 5.91 Å². The number of anilines is 2. The van der Waals surface area contributed by atoms with Gasteiger partial charge in [-0.15, -0.1) is 11.3 Å². The van der Waals surface area contributed by atoms with Crippen molar-refractivity contribution in [1.82, 2.24) is 4.98 Å². The molecule has 0 radical (unpaired) electrons. The summed E-state index contributed by atoms with van der Waals surface area (Å²) in [6.45, 7) is 0. The van der Waals surface area contributed by atoms with Crippen molar-refractivity contribution in [2.24, 2.45) is 0 Å². The van der Waals surface area contributed by atoms with Crippen molar-refractivity contribution in [1.29, 1.82) is 0 Å². The molecular weight excluding hydrogens is 458 g/mol. The van der Waals surface area contributed by atoms with E-state index in [1.807, 2.05) is 29.6 Å². The lowest BCUT2D eigenvalue weighted by Crippen LogP contribution is -2.15. The molecule has 0 saturated heterocycles. The van der Waals surface area contributed by atoms with E-state index in [9.17, 15) is 9.59 Å². The van der Waals surface area contributed by atoms with E-state index in [1.54, 1.807) is 55.6 Å². The van der Waals surface area contributed by atoms with Crippen LogP contribution < -0.4 is 15.4 Å². The van der Waals surface area contributed by atoms with E-state index in [-0.39, 0.29) is 18.2 Å². The lowest BCUT2D eigenvalue weighted by molar-refractivity contribution is -0.115. The van der Waals surface area contributed by atoms with Crippen LogP contribution in [0, 0.1) is 0 Å². The summed E-state index contributed by atoms with van der Waals surface area (Å²) in [7, 11) is 1.59. The Bertz CT molecular complexity index is 1250. The van der Waals surface area contributed by atoms with Crippen LogP contribution in [0.3, 0.4) is 0 Å². The number of benzene rings is 3. The maximum absolute atomic E-state index is 12.4. The molecule has 1 aromatic heterocycles. The normalized spacial score (nSPS) is 10.5. The highest BCUT2D eigenvalue weighted by Gasteiger charge is 2.11. The van der Waals surface area contributed by atoms with E-state index < -0.39 is 0 Å². The molecule has 0 aliphatic rings. The number of carbonyl (C=O) groups excluding carboxylic acids is 2. The molecule has 4 rings (SSSR count). The number of nitrogens with zero attached hydrogens (tertiary/aromatic N) is 1. The van der Waals surface area contributed by atoms with Gasteiger partial charge in [0.1, 0.15) is 10.8 Å². The zero-order valence-electron chi connectivity index (χ0n) is 17.7. The molecule has 166 valence electrons. The average Bonchev–Trinajstić information content (AvgIpc) is 3.28. The average molecular weight is 478 g/mol. The minimum absolute atomic E-state index is 0.157. The zero-order chi connectivity index (χ0) is 23.2. The first-order valence-electron chi connectivity index (χ1n) is 10.1. The Hall–Kier alpha value is -3.68. The lowest BCUT2D eigenvalue weighted by atomic mass is 10.2. The summed E-state index contributed by atoms with van der Waals surface area (Å²) in [5.74, 6) is 0.292. The fourth-order valence-corrected chi connectivity index (χ4v) is 4.02. The topological polar surface area (TPSA) is 80.3 Å². The number of methoxy groups -OCH3 is 1. The van der Waals surface area contributed by atoms with Gasteiger partial charge in [0.15, 0.2) is 0 Å². The Kier molecular flexibility index (Phi) is 7.02. The first kappa shape index (κ1) is 22.5. The first-order chi connectivity index (χ1) is 16.0. The third kappa shape index (κ3) is 5.97. The first-order valence-corrected chi connectivity index (χ1v) is 11.3. The smallest absolute Gasteiger partial charge is 0.255 e. The predicted octanol–water partition coefficient (Wildman–Crippen LogP) is 5.91. The SMILES string of the molecule is COc1ccc(NC(=O)c2ccc(NC(=O)Cc3csc(-c4ccc(Cl)cc4)n3)cc2)cc1. The van der Waals surface area contributed by atoms with Crippen LogP contribution >= 0.6 is 22.9 Å². The van der Waals surface area contributed by atoms with Crippen LogP contribution in [-0.2, 0) is 11.2 Å². The third-order valence-electron chi connectivity index (χ3n) is 4.76. The van der Waals surface area contributed by atoms with Gasteiger partial charge in [-0.25, -0.2) is 4.98 Å². The maximum Gasteiger partial charge on any atom is 0.255 e. The molecule has 0 spiro atoms. The second-order valence-electron chi connectivity index (χ2n) is 7.14. The van der Waals surface area contributed by atoms with Crippen molar-refractivity contribution in [3.8, 4) is 16.3 Å². The lowest BCUT2D eigenvalue weighted by Gasteiger charge is -2.08. The summed E-state index contributed by atoms with van der Waals surface area (Å²) in [5.41, 5.74) is 3.40. The Morgan fingerprint density at radius 2 is 1.55 bits per heavy atom. The van der Waals surface area contributed by atoms with Gasteiger partial charge in [0.25, 0.3) is 5.91 Å². The fraction of sp³-hybridized carbons (Fsp3) is 0.0800. The molecule has 3 aromatic carbocycles. The summed E-state index contributed by atoms with van der Waals surface area (Å²) in [5, 5.41) is 9.03. The summed E-state index contributed by atoms with van der Waals surface area (Å²) in [6.07, 6.45) is 0.157. The molecule has 0 atom stereocenters. The van der Waals surface area contributed by atoms with Crippen LogP contribution in [0.4, 0.5) is 11.4 Å². The van der Waals surface area contributed by atoms with E-state index in [0.717, 1.165) is 10.6 Å². The van der Waals surface area contributed by atoms with E-state index in [2.05, 4.69) is 15.6 Å². The predicted molar refractivity (Wildman–Crippen MR) is 132 cm³/mol. The molecule has 0 aliphatic heterocycles. The van der Waals surface area contributed by atoms with Crippen LogP contribution in [0.5, 0.6) is 5.75 Å². The maximum atomic E-state index is 12.4. The number of thiazole rings is 1. The number of aromatic nitrogens is 1. The van der Waals surface area contributed by atoms with Crippen molar-refractivity contribution in [3.05, 3.63) is 94.5 Å². The van der Waals surface area contributed by atoms with Gasteiger partial charge in [-0.05, 0) is 60.7 Å². The van der Waals surface area contributed by atoms with Gasteiger partial charge in [-0.1, -0.05) is 23.7 Å². The van der Waals surface area contributed by atoms with E-state index >= 15 is 0 Å². The zero-order valence-corrected chi connectivity index (χ0v) is 19.2. The molecule has 2 N–H and O–H groups in total. The van der Waals surface area contributed by atoms with Gasteiger partial charge in [-0.2, -0.15) is 0 Å². The highest BCUT2D eigenvalue weighted by atomic mass is 35.5. The number of carbonyl (C=O) groups is 2. The van der Waals surface area contributed by atoms with Crippen LogP contribution in [0.1, 0.15) is 16.1 Å². The van der Waals surface area contributed by atoms with E-state index in [0.29, 0.717) is 33.4 Å². The van der Waals surface area contributed by atoms with Crippen molar-refractivity contribution in [3.63, 3.8) is 0 Å². The minimum atomic E-state index is -0.241. The largest absolute Gasteiger partial charge is 0.497 e. The number of hydrogen-bond donors (Lipinski definition) is 2. The molecule has 0 unspecified atom stereocenters. The second kappa shape index (κ2) is 10.3. The number of rotatable bonds is 7. The highest BCUT2D eigenvalue weighted by molar-refractivity contribution is 7.13. The third-order valence-corrected chi connectivity index (χ3v) is 5.96. The standard InChI is InChI=1S/C25H20ClN3O3S/c1-32-22-12-10-20(11-13-22)28-24(31)16-4-8-19(9-5-16)27-23(30)14-21-15-33-25(29-21)17-2-6-18(26)7-3-17/h2-13,15H,14H2,1H3,(H,27,30)(H,28,31). The van der Waals surface area contributed by atoms with Crippen LogP contribution in [0.2, 0.25) is 5.02 Å². The quantitative estimate of drug-likeness (QED) is 0.347. The van der Waals surface area contributed by atoms with E-state index in [1.165, 1.54) is 11.3 Å². The summed E-state index contributed by atoms with van der Waals surface area (Å²) in [6, 6.07) is 21.2. The van der Waals surface area contributed by atoms with Crippen molar-refractivity contribution < 1.29 is 14.3 Å². The summed E-state index contributed by atoms with van der Waals surface area (Å²) >= 11 is 7.41. The molecule has 0 bridgehead atoms. The van der Waals surface area contributed by atoms with Gasteiger partial charge >= 0.3 is 0 Å².